The lowest BCUT2D eigenvalue weighted by molar-refractivity contribution is 0.660. The second-order valence-electron chi connectivity index (χ2n) is 16.8. The summed E-state index contributed by atoms with van der Waals surface area (Å²) in [6.07, 6.45) is 0. The average molecular weight is 719 g/mol. The predicted octanol–water partition coefficient (Wildman–Crippen LogP) is 15.5. The zero-order chi connectivity index (χ0) is 36.8. The van der Waals surface area contributed by atoms with Crippen LogP contribution in [0.2, 0.25) is 0 Å². The lowest BCUT2D eigenvalue weighted by Crippen LogP contribution is -2.14. The number of thiophene rings is 1. The molecule has 0 radical (unpaired) electrons. The van der Waals surface area contributed by atoms with Gasteiger partial charge in [-0.1, -0.05) is 167 Å². The van der Waals surface area contributed by atoms with E-state index in [-0.39, 0.29) is 10.8 Å². The molecule has 1 aromatic heterocycles. The summed E-state index contributed by atoms with van der Waals surface area (Å²) in [5, 5.41) is 10.6. The third kappa shape index (κ3) is 4.01. The molecule has 0 fully saturated rings. The van der Waals surface area contributed by atoms with Crippen LogP contribution in [-0.4, -0.2) is 0 Å². The van der Waals surface area contributed by atoms with Gasteiger partial charge in [-0.2, -0.15) is 0 Å². The maximum atomic E-state index is 2.56. The van der Waals surface area contributed by atoms with Gasteiger partial charge in [-0.15, -0.1) is 11.3 Å². The van der Waals surface area contributed by atoms with Crippen molar-refractivity contribution < 1.29 is 0 Å². The molecule has 1 heterocycles. The highest BCUT2D eigenvalue weighted by molar-refractivity contribution is 7.26. The smallest absolute Gasteiger partial charge is 0.0440 e. The van der Waals surface area contributed by atoms with Crippen LogP contribution < -0.4 is 0 Å². The molecule has 2 aliphatic carbocycles. The Morgan fingerprint density at radius 3 is 1.62 bits per heavy atom. The Morgan fingerprint density at radius 1 is 0.364 bits per heavy atom. The summed E-state index contributed by atoms with van der Waals surface area (Å²) in [5.74, 6) is 0. The molecule has 260 valence electrons. The highest BCUT2D eigenvalue weighted by Crippen LogP contribution is 2.59. The first-order valence-corrected chi connectivity index (χ1v) is 20.3. The van der Waals surface area contributed by atoms with Crippen molar-refractivity contribution in [1.82, 2.24) is 0 Å². The van der Waals surface area contributed by atoms with Crippen molar-refractivity contribution in [3.05, 3.63) is 180 Å². The van der Waals surface area contributed by atoms with E-state index in [1.54, 1.807) is 0 Å². The van der Waals surface area contributed by atoms with E-state index < -0.39 is 0 Å². The second kappa shape index (κ2) is 10.8. The highest BCUT2D eigenvalue weighted by Gasteiger charge is 2.39. The molecule has 0 amide bonds. The largest absolute Gasteiger partial charge is 0.134 e. The number of rotatable bonds is 2. The Balaban J connectivity index is 1.25. The predicted molar refractivity (Wildman–Crippen MR) is 238 cm³/mol. The van der Waals surface area contributed by atoms with Crippen molar-refractivity contribution in [2.24, 2.45) is 0 Å². The van der Waals surface area contributed by atoms with E-state index in [1.165, 1.54) is 119 Å². The molecule has 9 aromatic carbocycles. The SMILES string of the molecule is CC1(C)c2ccccc2-c2cc(-c3c4ccccc4c(-c4c5c(cc6c4sc4ccc7ccccc7c46)C(C)(C)c4ccccc4-5)c4ccccc34)ccc21. The third-order valence-electron chi connectivity index (χ3n) is 13.2. The molecule has 1 heteroatoms. The monoisotopic (exact) mass is 718 g/mol. The number of fused-ring (bicyclic) bond motifs is 13. The van der Waals surface area contributed by atoms with Crippen molar-refractivity contribution in [1.29, 1.82) is 0 Å². The summed E-state index contributed by atoms with van der Waals surface area (Å²) in [7, 11) is 0. The van der Waals surface area contributed by atoms with Crippen LogP contribution in [0.5, 0.6) is 0 Å². The van der Waals surface area contributed by atoms with Gasteiger partial charge in [-0.3, -0.25) is 0 Å². The molecule has 0 bridgehead atoms. The van der Waals surface area contributed by atoms with Gasteiger partial charge in [0, 0.05) is 36.6 Å². The average Bonchev–Trinajstić information content (AvgIpc) is 3.79. The van der Waals surface area contributed by atoms with E-state index in [2.05, 4.69) is 185 Å². The number of hydrogen-bond acceptors (Lipinski definition) is 1. The van der Waals surface area contributed by atoms with Crippen molar-refractivity contribution in [2.75, 3.05) is 0 Å². The number of hydrogen-bond donors (Lipinski definition) is 0. The van der Waals surface area contributed by atoms with Crippen LogP contribution in [0.3, 0.4) is 0 Å². The normalized spacial score (nSPS) is 14.8. The zero-order valence-electron chi connectivity index (χ0n) is 31.4. The summed E-state index contributed by atoms with van der Waals surface area (Å²) in [6, 6.07) is 60.0. The summed E-state index contributed by atoms with van der Waals surface area (Å²) < 4.78 is 2.72. The fraction of sp³-hybridized carbons (Fsp3) is 0.111. The molecule has 10 aromatic rings. The maximum absolute atomic E-state index is 2.56. The molecular formula is C54H38S. The third-order valence-corrected chi connectivity index (χ3v) is 14.4. The van der Waals surface area contributed by atoms with E-state index in [4.69, 9.17) is 0 Å². The van der Waals surface area contributed by atoms with Crippen molar-refractivity contribution in [2.45, 2.75) is 38.5 Å². The van der Waals surface area contributed by atoms with Crippen LogP contribution in [0.1, 0.15) is 49.9 Å². The van der Waals surface area contributed by atoms with Crippen LogP contribution in [0.25, 0.3) is 97.0 Å². The van der Waals surface area contributed by atoms with E-state index in [0.29, 0.717) is 0 Å². The molecule has 0 saturated carbocycles. The first-order chi connectivity index (χ1) is 26.8. The molecule has 0 N–H and O–H groups in total. The fourth-order valence-corrected chi connectivity index (χ4v) is 11.9. The Morgan fingerprint density at radius 2 is 0.909 bits per heavy atom. The molecule has 0 saturated heterocycles. The second-order valence-corrected chi connectivity index (χ2v) is 17.8. The fourth-order valence-electron chi connectivity index (χ4n) is 10.7. The molecule has 0 spiro atoms. The Hall–Kier alpha value is -6.02. The van der Waals surface area contributed by atoms with Crippen LogP contribution >= 0.6 is 11.3 Å². The van der Waals surface area contributed by atoms with Gasteiger partial charge in [0.15, 0.2) is 0 Å². The van der Waals surface area contributed by atoms with E-state index in [9.17, 15) is 0 Å². The summed E-state index contributed by atoms with van der Waals surface area (Å²) in [6.45, 7) is 9.58. The summed E-state index contributed by atoms with van der Waals surface area (Å²) in [4.78, 5) is 0. The maximum Gasteiger partial charge on any atom is 0.0440 e. The van der Waals surface area contributed by atoms with Crippen LogP contribution in [0.15, 0.2) is 158 Å². The molecule has 0 nitrogen and oxygen atoms in total. The van der Waals surface area contributed by atoms with Gasteiger partial charge in [-0.05, 0) is 112 Å². The van der Waals surface area contributed by atoms with Gasteiger partial charge in [0.2, 0.25) is 0 Å². The van der Waals surface area contributed by atoms with Crippen LogP contribution in [-0.2, 0) is 10.8 Å². The van der Waals surface area contributed by atoms with Gasteiger partial charge in [0.25, 0.3) is 0 Å². The lowest BCUT2D eigenvalue weighted by Gasteiger charge is -2.24. The van der Waals surface area contributed by atoms with Gasteiger partial charge < -0.3 is 0 Å². The molecule has 0 unspecified atom stereocenters. The molecule has 2 aliphatic rings. The summed E-state index contributed by atoms with van der Waals surface area (Å²) in [5.41, 5.74) is 16.2. The Kier molecular flexibility index (Phi) is 6.16. The lowest BCUT2D eigenvalue weighted by atomic mass is 9.79. The van der Waals surface area contributed by atoms with Crippen molar-refractivity contribution >= 4 is 63.8 Å². The highest BCUT2D eigenvalue weighted by atomic mass is 32.1. The minimum Gasteiger partial charge on any atom is -0.134 e. The van der Waals surface area contributed by atoms with Crippen molar-refractivity contribution in [3.63, 3.8) is 0 Å². The molecular weight excluding hydrogens is 681 g/mol. The van der Waals surface area contributed by atoms with E-state index in [0.717, 1.165) is 0 Å². The first kappa shape index (κ1) is 31.3. The topological polar surface area (TPSA) is 0 Å². The first-order valence-electron chi connectivity index (χ1n) is 19.5. The van der Waals surface area contributed by atoms with Gasteiger partial charge in [0.05, 0.1) is 0 Å². The molecule has 0 atom stereocenters. The molecule has 55 heavy (non-hydrogen) atoms. The van der Waals surface area contributed by atoms with Crippen LogP contribution in [0.4, 0.5) is 0 Å². The molecule has 0 aliphatic heterocycles. The molecule has 12 rings (SSSR count). The minimum atomic E-state index is -0.145. The van der Waals surface area contributed by atoms with Crippen molar-refractivity contribution in [3.8, 4) is 44.5 Å². The number of benzene rings is 9. The standard InChI is InChI=1S/C54H38S/c1-53(2)42-23-13-11-17-34(42)40-29-32(25-27-44(40)53)47-35-18-7-9-20-37(35)49(38-21-10-8-19-36(38)47)51-50-39-22-12-14-24-43(39)54(3,4)45(50)30-41-48-33-16-6-5-15-31(33)26-28-46(48)55-52(41)51/h5-30H,1-4H3. The zero-order valence-corrected chi connectivity index (χ0v) is 32.2. The van der Waals surface area contributed by atoms with E-state index in [1.807, 2.05) is 11.3 Å². The van der Waals surface area contributed by atoms with E-state index >= 15 is 0 Å². The quantitative estimate of drug-likeness (QED) is 0.156. The minimum absolute atomic E-state index is 0.0306. The van der Waals surface area contributed by atoms with Gasteiger partial charge >= 0.3 is 0 Å². The Labute approximate surface area is 325 Å². The summed E-state index contributed by atoms with van der Waals surface area (Å²) >= 11 is 1.96. The Bertz CT molecular complexity index is 3260. The van der Waals surface area contributed by atoms with Crippen LogP contribution in [0, 0.1) is 0 Å². The van der Waals surface area contributed by atoms with Gasteiger partial charge in [0.1, 0.15) is 0 Å². The van der Waals surface area contributed by atoms with Gasteiger partial charge in [-0.25, -0.2) is 0 Å².